The van der Waals surface area contributed by atoms with E-state index in [4.69, 9.17) is 0 Å². The van der Waals surface area contributed by atoms with Crippen molar-refractivity contribution in [3.05, 3.63) is 24.3 Å². The minimum atomic E-state index is 0.627. The number of hydrogen-bond acceptors (Lipinski definition) is 4. The third kappa shape index (κ3) is 5.19. The van der Waals surface area contributed by atoms with Crippen LogP contribution in [-0.4, -0.2) is 41.0 Å². The average Bonchev–Trinajstić information content (AvgIpc) is 2.29. The van der Waals surface area contributed by atoms with Crippen LogP contribution in [0.4, 0.5) is 0 Å². The van der Waals surface area contributed by atoms with Crippen LogP contribution in [0.2, 0.25) is 0 Å². The van der Waals surface area contributed by atoms with E-state index >= 15 is 0 Å². The van der Waals surface area contributed by atoms with Crippen LogP contribution in [0.5, 0.6) is 0 Å². The quantitative estimate of drug-likeness (QED) is 0.706. The second-order valence-corrected chi connectivity index (χ2v) is 4.31. The van der Waals surface area contributed by atoms with E-state index in [1.807, 2.05) is 6.07 Å². The molecule has 0 amide bonds. The predicted molar refractivity (Wildman–Crippen MR) is 66.1 cm³/mol. The van der Waals surface area contributed by atoms with E-state index in [0.29, 0.717) is 6.04 Å². The highest BCUT2D eigenvalue weighted by molar-refractivity contribution is 4.96. The molecule has 1 rings (SSSR count). The maximum absolute atomic E-state index is 4.16. The van der Waals surface area contributed by atoms with E-state index in [1.54, 1.807) is 12.5 Å². The lowest BCUT2D eigenvalue weighted by molar-refractivity contribution is 0.269. The highest BCUT2D eigenvalue weighted by atomic mass is 15.1. The van der Waals surface area contributed by atoms with Gasteiger partial charge in [-0.25, -0.2) is 9.97 Å². The summed E-state index contributed by atoms with van der Waals surface area (Å²) >= 11 is 0. The van der Waals surface area contributed by atoms with Crippen molar-refractivity contribution in [2.45, 2.75) is 32.9 Å². The summed E-state index contributed by atoms with van der Waals surface area (Å²) in [6.45, 7) is 7.42. The molecule has 4 heteroatoms. The molecule has 0 aliphatic heterocycles. The van der Waals surface area contributed by atoms with Gasteiger partial charge in [-0.2, -0.15) is 0 Å². The number of hydrogen-bond donors (Lipinski definition) is 1. The zero-order valence-electron chi connectivity index (χ0n) is 10.5. The summed E-state index contributed by atoms with van der Waals surface area (Å²) in [5, 5.41) is 3.38. The van der Waals surface area contributed by atoms with Gasteiger partial charge in [-0.1, -0.05) is 0 Å². The number of rotatable bonds is 7. The minimum Gasteiger partial charge on any atom is -0.311 e. The summed E-state index contributed by atoms with van der Waals surface area (Å²) in [6, 6.07) is 2.56. The molecule has 16 heavy (non-hydrogen) atoms. The van der Waals surface area contributed by atoms with Gasteiger partial charge in [0.1, 0.15) is 6.33 Å². The standard InChI is InChI=1S/C12H22N4/c1-11(2)16(3)8-4-6-13-9-12-5-7-14-10-15-12/h5,7,10-11,13H,4,6,8-9H2,1-3H3. The van der Waals surface area contributed by atoms with Crippen LogP contribution >= 0.6 is 0 Å². The average molecular weight is 222 g/mol. The molecule has 1 N–H and O–H groups in total. The highest BCUT2D eigenvalue weighted by Crippen LogP contribution is 1.95. The molecule has 90 valence electrons. The van der Waals surface area contributed by atoms with Gasteiger partial charge in [0.15, 0.2) is 0 Å². The Morgan fingerprint density at radius 1 is 1.44 bits per heavy atom. The highest BCUT2D eigenvalue weighted by Gasteiger charge is 2.01. The summed E-state index contributed by atoms with van der Waals surface area (Å²) < 4.78 is 0. The van der Waals surface area contributed by atoms with Crippen LogP contribution < -0.4 is 5.32 Å². The lowest BCUT2D eigenvalue weighted by Crippen LogP contribution is -2.29. The number of aromatic nitrogens is 2. The Balaban J connectivity index is 2.04. The van der Waals surface area contributed by atoms with Crippen LogP contribution in [0, 0.1) is 0 Å². The molecule has 0 fully saturated rings. The molecule has 0 bridgehead atoms. The molecule has 1 aromatic rings. The Labute approximate surface area is 98.1 Å². The third-order valence-corrected chi connectivity index (χ3v) is 2.70. The summed E-state index contributed by atoms with van der Waals surface area (Å²) in [4.78, 5) is 10.4. The van der Waals surface area contributed by atoms with Crippen molar-refractivity contribution in [3.8, 4) is 0 Å². The van der Waals surface area contributed by atoms with Crippen LogP contribution in [0.1, 0.15) is 26.0 Å². The molecule has 0 radical (unpaired) electrons. The predicted octanol–water partition coefficient (Wildman–Crippen LogP) is 1.30. The normalized spacial score (nSPS) is 11.3. The van der Waals surface area contributed by atoms with Gasteiger partial charge in [0.2, 0.25) is 0 Å². The van der Waals surface area contributed by atoms with Crippen molar-refractivity contribution in [1.29, 1.82) is 0 Å². The summed E-state index contributed by atoms with van der Waals surface area (Å²) in [5.41, 5.74) is 1.05. The van der Waals surface area contributed by atoms with E-state index in [-0.39, 0.29) is 0 Å². The zero-order valence-corrected chi connectivity index (χ0v) is 10.5. The van der Waals surface area contributed by atoms with Gasteiger partial charge in [0.05, 0.1) is 5.69 Å². The Hall–Kier alpha value is -1.00. The van der Waals surface area contributed by atoms with Gasteiger partial charge in [-0.3, -0.25) is 0 Å². The van der Waals surface area contributed by atoms with Crippen LogP contribution in [0.3, 0.4) is 0 Å². The fourth-order valence-corrected chi connectivity index (χ4v) is 1.35. The first-order valence-corrected chi connectivity index (χ1v) is 5.86. The second-order valence-electron chi connectivity index (χ2n) is 4.31. The number of nitrogens with one attached hydrogen (secondary N) is 1. The molecule has 0 atom stereocenters. The Morgan fingerprint density at radius 2 is 2.25 bits per heavy atom. The Bertz CT molecular complexity index is 274. The zero-order chi connectivity index (χ0) is 11.8. The SMILES string of the molecule is CC(C)N(C)CCCNCc1ccncn1. The molecular formula is C12H22N4. The molecule has 1 aromatic heterocycles. The smallest absolute Gasteiger partial charge is 0.115 e. The third-order valence-electron chi connectivity index (χ3n) is 2.70. The van der Waals surface area contributed by atoms with Gasteiger partial charge < -0.3 is 10.2 Å². The summed E-state index contributed by atoms with van der Waals surface area (Å²) in [7, 11) is 2.16. The first-order valence-electron chi connectivity index (χ1n) is 5.86. The molecule has 0 spiro atoms. The van der Waals surface area contributed by atoms with Crippen LogP contribution in [0.25, 0.3) is 0 Å². The molecule has 4 nitrogen and oxygen atoms in total. The maximum Gasteiger partial charge on any atom is 0.115 e. The van der Waals surface area contributed by atoms with Crippen LogP contribution in [-0.2, 0) is 6.54 Å². The first-order chi connectivity index (χ1) is 7.70. The van der Waals surface area contributed by atoms with Crippen molar-refractivity contribution in [2.75, 3.05) is 20.1 Å². The molecule has 1 heterocycles. The van der Waals surface area contributed by atoms with Gasteiger partial charge in [-0.05, 0) is 46.5 Å². The first kappa shape index (κ1) is 13.1. The minimum absolute atomic E-state index is 0.627. The van der Waals surface area contributed by atoms with E-state index in [9.17, 15) is 0 Å². The molecular weight excluding hydrogens is 200 g/mol. The van der Waals surface area contributed by atoms with E-state index < -0.39 is 0 Å². The molecule has 0 aliphatic rings. The fraction of sp³-hybridized carbons (Fsp3) is 0.667. The van der Waals surface area contributed by atoms with Crippen molar-refractivity contribution in [3.63, 3.8) is 0 Å². The Morgan fingerprint density at radius 3 is 2.88 bits per heavy atom. The van der Waals surface area contributed by atoms with E-state index in [1.165, 1.54) is 6.42 Å². The lowest BCUT2D eigenvalue weighted by Gasteiger charge is -2.20. The summed E-state index contributed by atoms with van der Waals surface area (Å²) in [5.74, 6) is 0. The maximum atomic E-state index is 4.16. The molecule has 0 aromatic carbocycles. The van der Waals surface area contributed by atoms with E-state index in [2.05, 4.69) is 41.1 Å². The van der Waals surface area contributed by atoms with Crippen LogP contribution in [0.15, 0.2) is 18.6 Å². The lowest BCUT2D eigenvalue weighted by atomic mass is 10.3. The number of nitrogens with zero attached hydrogens (tertiary/aromatic N) is 3. The molecule has 0 saturated heterocycles. The van der Waals surface area contributed by atoms with Gasteiger partial charge in [0.25, 0.3) is 0 Å². The molecule has 0 unspecified atom stereocenters. The largest absolute Gasteiger partial charge is 0.311 e. The van der Waals surface area contributed by atoms with Gasteiger partial charge >= 0.3 is 0 Å². The van der Waals surface area contributed by atoms with Crippen molar-refractivity contribution >= 4 is 0 Å². The molecule has 0 aliphatic carbocycles. The second kappa shape index (κ2) is 7.30. The molecule has 0 saturated carbocycles. The van der Waals surface area contributed by atoms with E-state index in [0.717, 1.165) is 25.3 Å². The van der Waals surface area contributed by atoms with Gasteiger partial charge in [0, 0.05) is 18.8 Å². The fourth-order valence-electron chi connectivity index (χ4n) is 1.35. The summed E-state index contributed by atoms with van der Waals surface area (Å²) in [6.07, 6.45) is 4.53. The topological polar surface area (TPSA) is 41.0 Å². The van der Waals surface area contributed by atoms with Gasteiger partial charge in [-0.15, -0.1) is 0 Å². The van der Waals surface area contributed by atoms with Crippen molar-refractivity contribution < 1.29 is 0 Å². The Kier molecular flexibility index (Phi) is 5.96. The monoisotopic (exact) mass is 222 g/mol. The van der Waals surface area contributed by atoms with Crippen molar-refractivity contribution in [1.82, 2.24) is 20.2 Å². The van der Waals surface area contributed by atoms with Crippen molar-refractivity contribution in [2.24, 2.45) is 0 Å².